The molecule has 0 fully saturated rings. The number of hydrogen-bond acceptors (Lipinski definition) is 7. The molecule has 0 spiro atoms. The van der Waals surface area contributed by atoms with Gasteiger partial charge in [-0.25, -0.2) is 14.2 Å². The molecule has 1 amide bonds. The highest BCUT2D eigenvalue weighted by atomic mass is 32.2. The lowest BCUT2D eigenvalue weighted by Crippen LogP contribution is -2.31. The number of hydrogen-bond donors (Lipinski definition) is 2. The van der Waals surface area contributed by atoms with E-state index in [1.807, 2.05) is 75.6 Å². The minimum Gasteiger partial charge on any atom is -0.478 e. The molecule has 49 heavy (non-hydrogen) atoms. The summed E-state index contributed by atoms with van der Waals surface area (Å²) in [5.74, 6) is -1.29. The summed E-state index contributed by atoms with van der Waals surface area (Å²) in [4.78, 5) is 35.0. The van der Waals surface area contributed by atoms with E-state index in [4.69, 9.17) is 0 Å². The predicted molar refractivity (Wildman–Crippen MR) is 201 cm³/mol. The molecule has 0 saturated carbocycles. The number of halogens is 1. The Labute approximate surface area is 296 Å². The molecule has 0 bridgehead atoms. The molecule has 0 atom stereocenters. The molecule has 258 valence electrons. The van der Waals surface area contributed by atoms with E-state index in [0.717, 1.165) is 94.0 Å². The maximum Gasteiger partial charge on any atom is 0.329 e. The van der Waals surface area contributed by atoms with E-state index >= 15 is 0 Å². The summed E-state index contributed by atoms with van der Waals surface area (Å²) < 4.78 is 15.8. The Morgan fingerprint density at radius 3 is 2.65 bits per heavy atom. The lowest BCUT2D eigenvalue weighted by molar-refractivity contribution is -0.131. The second-order valence-electron chi connectivity index (χ2n) is 12.6. The molecule has 1 aliphatic heterocycles. The third-order valence-electron chi connectivity index (χ3n) is 8.67. The number of carbonyl (C=O) groups is 2. The van der Waals surface area contributed by atoms with Crippen molar-refractivity contribution in [2.75, 3.05) is 32.5 Å². The summed E-state index contributed by atoms with van der Waals surface area (Å²) >= 11 is 2.93. The first-order valence-corrected chi connectivity index (χ1v) is 18.6. The molecular formula is C39H45FN4O3S2. The van der Waals surface area contributed by atoms with E-state index in [0.29, 0.717) is 30.1 Å². The van der Waals surface area contributed by atoms with Gasteiger partial charge in [0.15, 0.2) is 5.13 Å². The molecule has 0 saturated heterocycles. The maximum absolute atomic E-state index is 14.8. The zero-order valence-electron chi connectivity index (χ0n) is 28.5. The van der Waals surface area contributed by atoms with Gasteiger partial charge in [-0.3, -0.25) is 10.1 Å². The smallest absolute Gasteiger partial charge is 0.329 e. The number of benzene rings is 3. The minimum atomic E-state index is -0.969. The number of aromatic nitrogens is 1. The summed E-state index contributed by atoms with van der Waals surface area (Å²) in [5.41, 5.74) is 5.37. The van der Waals surface area contributed by atoms with Crippen LogP contribution in [-0.4, -0.2) is 59.0 Å². The Bertz CT molecular complexity index is 1800. The monoisotopic (exact) mass is 700 g/mol. The summed E-state index contributed by atoms with van der Waals surface area (Å²) in [6.07, 6.45) is 9.78. The van der Waals surface area contributed by atoms with Crippen LogP contribution in [0.5, 0.6) is 0 Å². The zero-order chi connectivity index (χ0) is 34.8. The van der Waals surface area contributed by atoms with Crippen molar-refractivity contribution in [3.8, 4) is 0 Å². The van der Waals surface area contributed by atoms with Crippen LogP contribution in [-0.2, 0) is 30.6 Å². The summed E-state index contributed by atoms with van der Waals surface area (Å²) in [6.45, 7) is 4.26. The number of carboxylic acid groups (broad SMARTS) is 1. The number of rotatable bonds is 16. The minimum absolute atomic E-state index is 0.136. The van der Waals surface area contributed by atoms with Crippen molar-refractivity contribution in [2.24, 2.45) is 0 Å². The van der Waals surface area contributed by atoms with Crippen molar-refractivity contribution >= 4 is 50.3 Å². The van der Waals surface area contributed by atoms with Crippen molar-refractivity contribution in [1.29, 1.82) is 0 Å². The van der Waals surface area contributed by atoms with Gasteiger partial charge >= 0.3 is 5.97 Å². The van der Waals surface area contributed by atoms with E-state index in [1.54, 1.807) is 6.07 Å². The van der Waals surface area contributed by atoms with Crippen molar-refractivity contribution in [1.82, 2.24) is 14.8 Å². The Morgan fingerprint density at radius 2 is 1.90 bits per heavy atom. The van der Waals surface area contributed by atoms with Gasteiger partial charge < -0.3 is 14.9 Å². The van der Waals surface area contributed by atoms with Crippen LogP contribution in [0.1, 0.15) is 71.6 Å². The molecule has 0 aliphatic carbocycles. The topological polar surface area (TPSA) is 85.8 Å². The summed E-state index contributed by atoms with van der Waals surface area (Å²) in [6, 6.07) is 19.3. The van der Waals surface area contributed by atoms with Gasteiger partial charge in [0, 0.05) is 24.7 Å². The normalized spacial score (nSPS) is 13.6. The number of thioether (sulfide) groups is 1. The highest BCUT2D eigenvalue weighted by Gasteiger charge is 2.24. The fourth-order valence-corrected chi connectivity index (χ4v) is 8.08. The first-order chi connectivity index (χ1) is 23.7. The predicted octanol–water partition coefficient (Wildman–Crippen LogP) is 8.91. The standard InChI is InChI=1S/C39H45FN4O3S2/c1-4-36(48-30(25-37(45)46)15-7-5-6-13-29-20-19-27(24-33(29)40)12-11-22-43(2)3)44-23-21-28-14-10-16-31(32(28)26-44)38(47)42-39-41-34-17-8-9-18-35(34)49-39/h4,8-10,14,16-20,24-25H,5-7,11-13,15,21-23,26H2,1-3H3,(H,45,46)(H,41,42,47)/b30-25+,36-4+. The van der Waals surface area contributed by atoms with Crippen molar-refractivity contribution in [3.63, 3.8) is 0 Å². The van der Waals surface area contributed by atoms with E-state index in [2.05, 4.69) is 26.2 Å². The second kappa shape index (κ2) is 17.6. The molecule has 10 heteroatoms. The number of amides is 1. The van der Waals surface area contributed by atoms with Crippen molar-refractivity contribution in [3.05, 3.63) is 116 Å². The van der Waals surface area contributed by atoms with Crippen LogP contribution >= 0.6 is 23.1 Å². The number of thiazole rings is 1. The van der Waals surface area contributed by atoms with Gasteiger partial charge in [0.05, 0.1) is 15.2 Å². The number of nitrogens with one attached hydrogen (secondary N) is 1. The number of allylic oxidation sites excluding steroid dienone is 2. The molecule has 2 N–H and O–H groups in total. The molecule has 5 rings (SSSR count). The van der Waals surface area contributed by atoms with Crippen LogP contribution in [0.4, 0.5) is 9.52 Å². The molecule has 4 aromatic rings. The second-order valence-corrected chi connectivity index (χ2v) is 14.8. The number of carbonyl (C=O) groups excluding carboxylic acids is 1. The number of aryl methyl sites for hydroxylation is 2. The number of aliphatic carboxylic acids is 1. The number of fused-ring (bicyclic) bond motifs is 2. The molecule has 3 aromatic carbocycles. The Morgan fingerprint density at radius 1 is 1.06 bits per heavy atom. The lowest BCUT2D eigenvalue weighted by atomic mass is 9.94. The van der Waals surface area contributed by atoms with Crippen molar-refractivity contribution < 1.29 is 19.1 Å². The lowest BCUT2D eigenvalue weighted by Gasteiger charge is -2.33. The van der Waals surface area contributed by atoms with Gasteiger partial charge in [-0.2, -0.15) is 0 Å². The van der Waals surface area contributed by atoms with E-state index in [-0.39, 0.29) is 11.7 Å². The van der Waals surface area contributed by atoms with Crippen LogP contribution in [0.15, 0.2) is 82.7 Å². The fourth-order valence-electron chi connectivity index (χ4n) is 6.14. The third kappa shape index (κ3) is 10.3. The molecule has 2 heterocycles. The zero-order valence-corrected chi connectivity index (χ0v) is 30.1. The first-order valence-electron chi connectivity index (χ1n) is 16.9. The van der Waals surface area contributed by atoms with Crippen LogP contribution in [0, 0.1) is 5.82 Å². The van der Waals surface area contributed by atoms with Gasteiger partial charge in [-0.15, -0.1) is 0 Å². The number of para-hydroxylation sites is 1. The van der Waals surface area contributed by atoms with Gasteiger partial charge in [0.2, 0.25) is 0 Å². The van der Waals surface area contributed by atoms with E-state index in [9.17, 15) is 19.1 Å². The quantitative estimate of drug-likeness (QED) is 0.0892. The Balaban J connectivity index is 1.16. The largest absolute Gasteiger partial charge is 0.478 e. The first kappa shape index (κ1) is 36.3. The highest BCUT2D eigenvalue weighted by Crippen LogP contribution is 2.36. The summed E-state index contributed by atoms with van der Waals surface area (Å²) in [7, 11) is 4.09. The molecular weight excluding hydrogens is 656 g/mol. The molecule has 0 unspecified atom stereocenters. The summed E-state index contributed by atoms with van der Waals surface area (Å²) in [5, 5.41) is 14.2. The fraction of sp³-hybridized carbons (Fsp3) is 0.359. The van der Waals surface area contributed by atoms with Crippen LogP contribution in [0.2, 0.25) is 0 Å². The number of anilines is 1. The maximum atomic E-state index is 14.8. The molecule has 1 aromatic heterocycles. The number of unbranched alkanes of at least 4 members (excludes halogenated alkanes) is 2. The average Bonchev–Trinajstić information content (AvgIpc) is 3.49. The molecule has 1 aliphatic rings. The van der Waals surface area contributed by atoms with Gasteiger partial charge in [0.25, 0.3) is 5.91 Å². The van der Waals surface area contributed by atoms with E-state index < -0.39 is 5.97 Å². The van der Waals surface area contributed by atoms with E-state index in [1.165, 1.54) is 29.2 Å². The van der Waals surface area contributed by atoms with Crippen LogP contribution in [0.3, 0.4) is 0 Å². The van der Waals surface area contributed by atoms with Gasteiger partial charge in [0.1, 0.15) is 5.82 Å². The number of nitrogens with zero attached hydrogens (tertiary/aromatic N) is 3. The highest BCUT2D eigenvalue weighted by molar-refractivity contribution is 8.06. The average molecular weight is 701 g/mol. The third-order valence-corrected chi connectivity index (χ3v) is 10.9. The molecule has 0 radical (unpaired) electrons. The van der Waals surface area contributed by atoms with Gasteiger partial charge in [-0.05, 0) is 124 Å². The Kier molecular flexibility index (Phi) is 13.0. The SMILES string of the molecule is C/C=C(/S/C(=C/C(=O)O)CCCCCc1ccc(CCCN(C)C)cc1F)N1CCc2cccc(C(=O)Nc3nc4ccccc4s3)c2C1. The van der Waals surface area contributed by atoms with Crippen LogP contribution in [0.25, 0.3) is 10.2 Å². The molecule has 7 nitrogen and oxygen atoms in total. The van der Waals surface area contributed by atoms with Crippen molar-refractivity contribution in [2.45, 2.75) is 64.8 Å². The van der Waals surface area contributed by atoms with Crippen LogP contribution < -0.4 is 5.32 Å². The van der Waals surface area contributed by atoms with Gasteiger partial charge in [-0.1, -0.05) is 72.0 Å². The number of carboxylic acids is 1. The Hall–Kier alpha value is -3.99.